The van der Waals surface area contributed by atoms with Crippen LogP contribution < -0.4 is 10.0 Å². The molecule has 1 aromatic heterocycles. The minimum Gasteiger partial charge on any atom is -0.354 e. The number of hydrogen-bond donors (Lipinski definition) is 1. The van der Waals surface area contributed by atoms with Gasteiger partial charge in [-0.3, -0.25) is 0 Å². The molecule has 0 amide bonds. The Morgan fingerprint density at radius 1 is 1.38 bits per heavy atom. The molecule has 0 bridgehead atoms. The second kappa shape index (κ2) is 6.08. The molecule has 0 spiro atoms. The highest BCUT2D eigenvalue weighted by molar-refractivity contribution is 9.10. The second-order valence-corrected chi connectivity index (χ2v) is 6.85. The molecule has 21 heavy (non-hydrogen) atoms. The van der Waals surface area contributed by atoms with Gasteiger partial charge >= 0.3 is 0 Å². The maximum atomic E-state index is 13.1. The van der Waals surface area contributed by atoms with Gasteiger partial charge in [-0.25, -0.2) is 22.9 Å². The molecule has 0 unspecified atom stereocenters. The predicted octanol–water partition coefficient (Wildman–Crippen LogP) is 2.27. The van der Waals surface area contributed by atoms with Crippen LogP contribution in [0, 0.1) is 5.82 Å². The van der Waals surface area contributed by atoms with E-state index in [-0.39, 0.29) is 16.5 Å². The lowest BCUT2D eigenvalue weighted by molar-refractivity contribution is 0.597. The van der Waals surface area contributed by atoms with Crippen molar-refractivity contribution in [1.29, 1.82) is 0 Å². The van der Waals surface area contributed by atoms with Crippen molar-refractivity contribution < 1.29 is 12.8 Å². The minimum atomic E-state index is -3.86. The van der Waals surface area contributed by atoms with Gasteiger partial charge < -0.3 is 4.90 Å². The molecule has 0 aliphatic rings. The van der Waals surface area contributed by atoms with Crippen molar-refractivity contribution in [2.24, 2.45) is 5.14 Å². The number of rotatable bonds is 4. The first-order valence-corrected chi connectivity index (χ1v) is 8.26. The number of anilines is 1. The summed E-state index contributed by atoms with van der Waals surface area (Å²) in [6.07, 6.45) is 1.49. The van der Waals surface area contributed by atoms with E-state index >= 15 is 0 Å². The van der Waals surface area contributed by atoms with Gasteiger partial charge in [0.25, 0.3) is 0 Å². The first-order valence-electron chi connectivity index (χ1n) is 5.92. The predicted molar refractivity (Wildman–Crippen MR) is 81.8 cm³/mol. The van der Waals surface area contributed by atoms with E-state index in [1.54, 1.807) is 18.0 Å². The fourth-order valence-corrected chi connectivity index (χ4v) is 3.08. The van der Waals surface area contributed by atoms with Gasteiger partial charge in [-0.2, -0.15) is 0 Å². The smallest absolute Gasteiger partial charge is 0.241 e. The third-order valence-electron chi connectivity index (χ3n) is 2.84. The number of pyridine rings is 1. The van der Waals surface area contributed by atoms with Crippen LogP contribution >= 0.6 is 15.9 Å². The lowest BCUT2D eigenvalue weighted by Gasteiger charge is -2.21. The largest absolute Gasteiger partial charge is 0.354 e. The summed E-state index contributed by atoms with van der Waals surface area (Å²) in [5.74, 6) is -0.104. The quantitative estimate of drug-likeness (QED) is 0.891. The van der Waals surface area contributed by atoms with E-state index in [4.69, 9.17) is 5.14 Å². The number of benzene rings is 1. The molecular formula is C13H13BrFN3O2S. The maximum absolute atomic E-state index is 13.1. The topological polar surface area (TPSA) is 76.3 Å². The fraction of sp³-hybridized carbons (Fsp3) is 0.154. The van der Waals surface area contributed by atoms with Crippen LogP contribution in [0.5, 0.6) is 0 Å². The molecule has 0 saturated heterocycles. The van der Waals surface area contributed by atoms with E-state index in [0.29, 0.717) is 11.0 Å². The molecule has 0 radical (unpaired) electrons. The molecule has 8 heteroatoms. The molecule has 0 fully saturated rings. The SMILES string of the molecule is CN(Cc1ccc(F)cc1Br)c1ncccc1S(N)(=O)=O. The van der Waals surface area contributed by atoms with Crippen molar-refractivity contribution in [3.8, 4) is 0 Å². The van der Waals surface area contributed by atoms with Crippen LogP contribution in [0.15, 0.2) is 45.9 Å². The van der Waals surface area contributed by atoms with Crippen LogP contribution in [0.1, 0.15) is 5.56 Å². The van der Waals surface area contributed by atoms with Gasteiger partial charge in [0.1, 0.15) is 16.5 Å². The Labute approximate surface area is 130 Å². The summed E-state index contributed by atoms with van der Waals surface area (Å²) in [7, 11) is -2.18. The van der Waals surface area contributed by atoms with Crippen molar-refractivity contribution in [2.75, 3.05) is 11.9 Å². The van der Waals surface area contributed by atoms with Crippen LogP contribution in [0.2, 0.25) is 0 Å². The van der Waals surface area contributed by atoms with Crippen molar-refractivity contribution in [2.45, 2.75) is 11.4 Å². The molecule has 2 N–H and O–H groups in total. The van der Waals surface area contributed by atoms with Gasteiger partial charge in [-0.15, -0.1) is 0 Å². The zero-order chi connectivity index (χ0) is 15.6. The Morgan fingerprint density at radius 3 is 2.71 bits per heavy atom. The average Bonchev–Trinajstić information content (AvgIpc) is 2.41. The Balaban J connectivity index is 2.35. The van der Waals surface area contributed by atoms with Crippen LogP contribution in [0.25, 0.3) is 0 Å². The first-order chi connectivity index (χ1) is 9.79. The zero-order valence-electron chi connectivity index (χ0n) is 11.1. The fourth-order valence-electron chi connectivity index (χ4n) is 1.87. The third-order valence-corrected chi connectivity index (χ3v) is 4.51. The van der Waals surface area contributed by atoms with E-state index in [1.165, 1.54) is 30.5 Å². The first kappa shape index (κ1) is 15.9. The van der Waals surface area contributed by atoms with Crippen molar-refractivity contribution >= 4 is 31.8 Å². The lowest BCUT2D eigenvalue weighted by atomic mass is 10.2. The maximum Gasteiger partial charge on any atom is 0.241 e. The van der Waals surface area contributed by atoms with Crippen LogP contribution in [-0.2, 0) is 16.6 Å². The third kappa shape index (κ3) is 3.78. The number of aromatic nitrogens is 1. The van der Waals surface area contributed by atoms with Crippen molar-refractivity contribution in [3.05, 3.63) is 52.4 Å². The summed E-state index contributed by atoms with van der Waals surface area (Å²) in [5.41, 5.74) is 0.796. The Bertz CT molecular complexity index is 768. The summed E-state index contributed by atoms with van der Waals surface area (Å²) < 4.78 is 36.8. The normalized spacial score (nSPS) is 11.4. The summed E-state index contributed by atoms with van der Waals surface area (Å²) in [6, 6.07) is 7.21. The number of nitrogens with two attached hydrogens (primary N) is 1. The van der Waals surface area contributed by atoms with E-state index in [2.05, 4.69) is 20.9 Å². The molecule has 0 aliphatic carbocycles. The van der Waals surface area contributed by atoms with E-state index in [9.17, 15) is 12.8 Å². The summed E-state index contributed by atoms with van der Waals surface area (Å²) in [6.45, 7) is 0.348. The molecule has 0 aliphatic heterocycles. The average molecular weight is 374 g/mol. The highest BCUT2D eigenvalue weighted by Gasteiger charge is 2.18. The van der Waals surface area contributed by atoms with E-state index < -0.39 is 10.0 Å². The van der Waals surface area contributed by atoms with Crippen LogP contribution in [0.4, 0.5) is 10.2 Å². The summed E-state index contributed by atoms with van der Waals surface area (Å²) in [5, 5.41) is 5.19. The molecule has 112 valence electrons. The van der Waals surface area contributed by atoms with Gasteiger partial charge in [0.15, 0.2) is 0 Å². The molecule has 2 rings (SSSR count). The van der Waals surface area contributed by atoms with E-state index in [1.807, 2.05) is 0 Å². The Kier molecular flexibility index (Phi) is 4.60. The van der Waals surface area contributed by atoms with Crippen molar-refractivity contribution in [1.82, 2.24) is 4.98 Å². The van der Waals surface area contributed by atoms with Gasteiger partial charge in [-0.05, 0) is 29.8 Å². The summed E-state index contributed by atoms with van der Waals surface area (Å²) in [4.78, 5) is 5.65. The number of halogens is 2. The number of hydrogen-bond acceptors (Lipinski definition) is 4. The molecule has 0 atom stereocenters. The number of primary sulfonamides is 1. The van der Waals surface area contributed by atoms with Crippen molar-refractivity contribution in [3.63, 3.8) is 0 Å². The molecule has 0 saturated carbocycles. The van der Waals surface area contributed by atoms with Gasteiger partial charge in [0, 0.05) is 24.3 Å². The Morgan fingerprint density at radius 2 is 2.10 bits per heavy atom. The van der Waals surface area contributed by atoms with Gasteiger partial charge in [0.2, 0.25) is 10.0 Å². The lowest BCUT2D eigenvalue weighted by Crippen LogP contribution is -2.23. The molecule has 2 aromatic rings. The molecule has 1 heterocycles. The standard InChI is InChI=1S/C13H13BrFN3O2S/c1-18(8-9-4-5-10(15)7-11(9)14)13-12(21(16,19)20)3-2-6-17-13/h2-7H,8H2,1H3,(H2,16,19,20). The molecule has 5 nitrogen and oxygen atoms in total. The van der Waals surface area contributed by atoms with E-state index in [0.717, 1.165) is 5.56 Å². The van der Waals surface area contributed by atoms with Crippen LogP contribution in [0.3, 0.4) is 0 Å². The number of nitrogens with zero attached hydrogens (tertiary/aromatic N) is 2. The minimum absolute atomic E-state index is 0.0502. The zero-order valence-corrected chi connectivity index (χ0v) is 13.5. The summed E-state index contributed by atoms with van der Waals surface area (Å²) >= 11 is 3.28. The van der Waals surface area contributed by atoms with Crippen LogP contribution in [-0.4, -0.2) is 20.4 Å². The number of sulfonamides is 1. The van der Waals surface area contributed by atoms with Gasteiger partial charge in [0.05, 0.1) is 0 Å². The van der Waals surface area contributed by atoms with Gasteiger partial charge in [-0.1, -0.05) is 22.0 Å². The molecule has 1 aromatic carbocycles. The highest BCUT2D eigenvalue weighted by atomic mass is 79.9. The molecular weight excluding hydrogens is 361 g/mol. The highest BCUT2D eigenvalue weighted by Crippen LogP contribution is 2.24. The second-order valence-electron chi connectivity index (χ2n) is 4.46. The Hall–Kier alpha value is -1.51. The monoisotopic (exact) mass is 373 g/mol.